The van der Waals surface area contributed by atoms with Gasteiger partial charge in [0.1, 0.15) is 11.3 Å². The van der Waals surface area contributed by atoms with Gasteiger partial charge in [0.05, 0.1) is 11.5 Å². The average Bonchev–Trinajstić information content (AvgIpc) is 3.17. The average molecular weight is 506 g/mol. The van der Waals surface area contributed by atoms with Gasteiger partial charge in [-0.15, -0.1) is 0 Å². The first-order valence-electron chi connectivity index (χ1n) is 9.99. The number of rotatable bonds is 5. The Balaban J connectivity index is 0.000000454. The molecule has 0 aliphatic rings. The summed E-state index contributed by atoms with van der Waals surface area (Å²) in [6.45, 7) is 0.472. The molecule has 0 aliphatic carbocycles. The molecule has 4 aromatic rings. The largest absolute Gasteiger partial charge is 0.507 e. The lowest BCUT2D eigenvalue weighted by Gasteiger charge is -2.08. The van der Waals surface area contributed by atoms with Gasteiger partial charge in [0.25, 0.3) is 5.69 Å². The van der Waals surface area contributed by atoms with Crippen LogP contribution < -0.4 is 5.73 Å². The van der Waals surface area contributed by atoms with Crippen LogP contribution in [0.3, 0.4) is 0 Å². The number of carboxylic acids is 2. The maximum absolute atomic E-state index is 11.7. The van der Waals surface area contributed by atoms with Crippen LogP contribution in [0.25, 0.3) is 32.8 Å². The molecule has 0 radical (unpaired) electrons. The number of nitrogens with two attached hydrogens (primary N) is 1. The molecule has 3 aromatic carbocycles. The quantitative estimate of drug-likeness (QED) is 0.231. The fourth-order valence-electron chi connectivity index (χ4n) is 3.48. The van der Waals surface area contributed by atoms with Gasteiger partial charge in [-0.05, 0) is 29.1 Å². The number of aromatic nitrogens is 2. The van der Waals surface area contributed by atoms with Crippen molar-refractivity contribution in [3.63, 3.8) is 0 Å². The second-order valence-corrected chi connectivity index (χ2v) is 7.33. The molecule has 188 valence electrons. The Bertz CT molecular complexity index is 1500. The number of carbonyl (C=O) groups is 2. The first kappa shape index (κ1) is 25.9. The van der Waals surface area contributed by atoms with Gasteiger partial charge in [-0.25, -0.2) is 9.59 Å². The van der Waals surface area contributed by atoms with Gasteiger partial charge in [0.15, 0.2) is 5.69 Å². The van der Waals surface area contributed by atoms with Crippen LogP contribution in [0, 0.1) is 10.1 Å². The summed E-state index contributed by atoms with van der Waals surface area (Å²) in [5.41, 5.74) is 6.84. The third kappa shape index (κ3) is 5.17. The number of benzene rings is 3. The molecular formula is C22H17F3N4O7. The van der Waals surface area contributed by atoms with Crippen molar-refractivity contribution in [1.82, 2.24) is 9.78 Å². The Morgan fingerprint density at radius 2 is 1.75 bits per heavy atom. The highest BCUT2D eigenvalue weighted by molar-refractivity contribution is 6.13. The minimum atomic E-state index is -5.08. The summed E-state index contributed by atoms with van der Waals surface area (Å²) in [6, 6.07) is 12.5. The van der Waals surface area contributed by atoms with Crippen molar-refractivity contribution in [3.05, 3.63) is 64.3 Å². The molecule has 0 saturated carbocycles. The Morgan fingerprint density at radius 1 is 1.08 bits per heavy atom. The summed E-state index contributed by atoms with van der Waals surface area (Å²) >= 11 is 0. The number of nitro groups is 1. The molecule has 1 heterocycles. The molecule has 0 bridgehead atoms. The highest BCUT2D eigenvalue weighted by atomic mass is 19.4. The van der Waals surface area contributed by atoms with Crippen LogP contribution in [0.5, 0.6) is 5.75 Å². The molecule has 0 atom stereocenters. The molecule has 11 nitrogen and oxygen atoms in total. The fourth-order valence-corrected chi connectivity index (χ4v) is 3.48. The SMILES string of the molecule is NCCn1nc2c(ccc3cc(O)c(-c4cccc([N+](=O)[O-])c4)cc32)c1C(=O)O.O=C(O)C(F)(F)F. The number of phenolic OH excluding ortho intramolecular Hbond substituents is 1. The Hall–Kier alpha value is -4.72. The van der Waals surface area contributed by atoms with Crippen molar-refractivity contribution in [2.24, 2.45) is 5.73 Å². The van der Waals surface area contributed by atoms with Crippen LogP contribution in [-0.2, 0) is 11.3 Å². The van der Waals surface area contributed by atoms with Crippen molar-refractivity contribution in [3.8, 4) is 16.9 Å². The van der Waals surface area contributed by atoms with Crippen molar-refractivity contribution in [2.45, 2.75) is 12.7 Å². The first-order chi connectivity index (χ1) is 16.8. The van der Waals surface area contributed by atoms with Gasteiger partial charge in [-0.3, -0.25) is 14.8 Å². The van der Waals surface area contributed by atoms with E-state index in [-0.39, 0.29) is 30.2 Å². The van der Waals surface area contributed by atoms with Crippen LogP contribution >= 0.6 is 0 Å². The van der Waals surface area contributed by atoms with E-state index in [1.54, 1.807) is 24.3 Å². The minimum absolute atomic E-state index is 0.0392. The van der Waals surface area contributed by atoms with Gasteiger partial charge in [-0.1, -0.05) is 18.2 Å². The number of hydrogen-bond acceptors (Lipinski definition) is 7. The maximum atomic E-state index is 11.7. The van der Waals surface area contributed by atoms with Gasteiger partial charge in [-0.2, -0.15) is 18.3 Å². The van der Waals surface area contributed by atoms with E-state index in [9.17, 15) is 38.3 Å². The molecule has 1 aromatic heterocycles. The predicted molar refractivity (Wildman–Crippen MR) is 121 cm³/mol. The summed E-state index contributed by atoms with van der Waals surface area (Å²) < 4.78 is 33.1. The zero-order chi connectivity index (χ0) is 26.8. The molecule has 0 aliphatic heterocycles. The predicted octanol–water partition coefficient (Wildman–Crippen LogP) is 3.76. The number of carboxylic acid groups (broad SMARTS) is 2. The maximum Gasteiger partial charge on any atom is 0.490 e. The van der Waals surface area contributed by atoms with E-state index in [4.69, 9.17) is 15.6 Å². The number of non-ortho nitro benzene ring substituents is 1. The topological polar surface area (TPSA) is 182 Å². The second kappa shape index (κ2) is 9.87. The molecule has 14 heteroatoms. The van der Waals surface area contributed by atoms with E-state index in [1.165, 1.54) is 28.9 Å². The van der Waals surface area contributed by atoms with Crippen LogP contribution in [0.1, 0.15) is 10.5 Å². The summed E-state index contributed by atoms with van der Waals surface area (Å²) in [7, 11) is 0. The van der Waals surface area contributed by atoms with E-state index >= 15 is 0 Å². The van der Waals surface area contributed by atoms with E-state index in [2.05, 4.69) is 5.10 Å². The summed E-state index contributed by atoms with van der Waals surface area (Å²) in [6.07, 6.45) is -5.08. The zero-order valence-corrected chi connectivity index (χ0v) is 18.1. The normalized spacial score (nSPS) is 11.2. The number of nitrogens with zero attached hydrogens (tertiary/aromatic N) is 3. The van der Waals surface area contributed by atoms with Crippen molar-refractivity contribution < 1.29 is 43.0 Å². The van der Waals surface area contributed by atoms with Crippen molar-refractivity contribution >= 4 is 39.3 Å². The number of alkyl halides is 3. The van der Waals surface area contributed by atoms with E-state index in [0.717, 1.165) is 0 Å². The Kier molecular flexibility index (Phi) is 7.10. The number of halogens is 3. The lowest BCUT2D eigenvalue weighted by atomic mass is 9.98. The van der Waals surface area contributed by atoms with Crippen LogP contribution in [0.4, 0.5) is 18.9 Å². The van der Waals surface area contributed by atoms with Crippen molar-refractivity contribution in [2.75, 3.05) is 6.54 Å². The number of aromatic carboxylic acids is 1. The Morgan fingerprint density at radius 3 is 2.31 bits per heavy atom. The number of nitro benzene ring substituents is 1. The molecule has 4 rings (SSSR count). The lowest BCUT2D eigenvalue weighted by molar-refractivity contribution is -0.384. The van der Waals surface area contributed by atoms with E-state index in [0.29, 0.717) is 32.8 Å². The highest BCUT2D eigenvalue weighted by Gasteiger charge is 2.38. The van der Waals surface area contributed by atoms with Crippen molar-refractivity contribution in [1.29, 1.82) is 0 Å². The standard InChI is InChI=1S/C20H16N4O5.C2HF3O2/c21-6-7-23-19(20(26)27)14-5-4-12-9-17(25)15(10-16(12)18(14)22-23)11-2-1-3-13(8-11)24(28)29;3-2(4,5)1(6)7/h1-5,8-10,25H,6-7,21H2,(H,26,27);(H,6,7). The third-order valence-electron chi connectivity index (χ3n) is 5.00. The molecule has 0 spiro atoms. The number of fused-ring (bicyclic) bond motifs is 3. The summed E-state index contributed by atoms with van der Waals surface area (Å²) in [4.78, 5) is 31.2. The Labute approximate surface area is 198 Å². The molecule has 0 amide bonds. The highest BCUT2D eigenvalue weighted by Crippen LogP contribution is 2.37. The minimum Gasteiger partial charge on any atom is -0.507 e. The van der Waals surface area contributed by atoms with Gasteiger partial charge < -0.3 is 21.1 Å². The number of phenols is 1. The third-order valence-corrected chi connectivity index (χ3v) is 5.00. The number of hydrogen-bond donors (Lipinski definition) is 4. The van der Waals surface area contributed by atoms with Crippen LogP contribution in [0.15, 0.2) is 48.5 Å². The van der Waals surface area contributed by atoms with Gasteiger partial charge >= 0.3 is 18.1 Å². The lowest BCUT2D eigenvalue weighted by Crippen LogP contribution is -2.21. The molecule has 0 unspecified atom stereocenters. The zero-order valence-electron chi connectivity index (χ0n) is 18.1. The summed E-state index contributed by atoms with van der Waals surface area (Å²) in [5, 5.41) is 44.5. The molecular weight excluding hydrogens is 489 g/mol. The van der Waals surface area contributed by atoms with Crippen LogP contribution in [0.2, 0.25) is 0 Å². The molecule has 5 N–H and O–H groups in total. The van der Waals surface area contributed by atoms with E-state index < -0.39 is 23.0 Å². The summed E-state index contributed by atoms with van der Waals surface area (Å²) in [5.74, 6) is -3.91. The smallest absolute Gasteiger partial charge is 0.490 e. The fraction of sp³-hybridized carbons (Fsp3) is 0.136. The van der Waals surface area contributed by atoms with Gasteiger partial charge in [0, 0.05) is 35.0 Å². The number of aromatic hydroxyl groups is 1. The first-order valence-corrected chi connectivity index (χ1v) is 9.99. The second-order valence-electron chi connectivity index (χ2n) is 7.33. The van der Waals surface area contributed by atoms with Crippen LogP contribution in [-0.4, -0.2) is 54.7 Å². The van der Waals surface area contributed by atoms with Gasteiger partial charge in [0.2, 0.25) is 0 Å². The molecule has 0 saturated heterocycles. The number of aliphatic carboxylic acids is 1. The molecule has 36 heavy (non-hydrogen) atoms. The molecule has 0 fully saturated rings. The van der Waals surface area contributed by atoms with E-state index in [1.807, 2.05) is 0 Å². The monoisotopic (exact) mass is 506 g/mol.